The molecule has 1 aromatic heterocycles. The van der Waals surface area contributed by atoms with Gasteiger partial charge in [-0.1, -0.05) is 6.42 Å². The Bertz CT molecular complexity index is 527. The first-order valence-corrected chi connectivity index (χ1v) is 6.74. The topological polar surface area (TPSA) is 58.4 Å². The van der Waals surface area contributed by atoms with E-state index in [4.69, 9.17) is 0 Å². The van der Waals surface area contributed by atoms with Gasteiger partial charge in [0.1, 0.15) is 0 Å². The molecule has 1 aromatic rings. The van der Waals surface area contributed by atoms with E-state index in [1.165, 1.54) is 19.0 Å². The zero-order valence-corrected chi connectivity index (χ0v) is 11.9. The molecule has 21 heavy (non-hydrogen) atoms. The highest BCUT2D eigenvalue weighted by Gasteiger charge is 2.40. The number of hydrogen-bond donors (Lipinski definition) is 1. The van der Waals surface area contributed by atoms with Crippen LogP contribution in [0.2, 0.25) is 0 Å². The van der Waals surface area contributed by atoms with Crippen LogP contribution in [0.15, 0.2) is 6.20 Å². The lowest BCUT2D eigenvalue weighted by Crippen LogP contribution is -2.35. The Labute approximate surface area is 120 Å². The predicted molar refractivity (Wildman–Crippen MR) is 68.5 cm³/mol. The molecule has 1 N–H and O–H groups in total. The van der Waals surface area contributed by atoms with E-state index in [0.29, 0.717) is 6.42 Å². The molecule has 2 unspecified atom stereocenters. The number of aromatic nitrogens is 2. The fraction of sp³-hybridized carbons (Fsp3) is 0.692. The Morgan fingerprint density at radius 2 is 2.19 bits per heavy atom. The van der Waals surface area contributed by atoms with E-state index in [2.05, 4.69) is 5.10 Å². The van der Waals surface area contributed by atoms with Gasteiger partial charge in [-0.05, 0) is 12.8 Å². The van der Waals surface area contributed by atoms with Crippen molar-refractivity contribution in [3.05, 3.63) is 17.5 Å². The van der Waals surface area contributed by atoms with E-state index < -0.39 is 29.4 Å². The number of nitrogens with zero attached hydrogens (tertiary/aromatic N) is 3. The SMILES string of the molecule is CN(CC1CCCC1O)C(=O)c1cn(C)nc1C(F)(F)F. The van der Waals surface area contributed by atoms with Gasteiger partial charge in [0.25, 0.3) is 5.91 Å². The minimum absolute atomic E-state index is 0.0787. The van der Waals surface area contributed by atoms with Crippen molar-refractivity contribution in [1.29, 1.82) is 0 Å². The largest absolute Gasteiger partial charge is 0.435 e. The molecule has 5 nitrogen and oxygen atoms in total. The van der Waals surface area contributed by atoms with Gasteiger partial charge in [0, 0.05) is 32.8 Å². The van der Waals surface area contributed by atoms with Gasteiger partial charge in [0.2, 0.25) is 0 Å². The fourth-order valence-electron chi connectivity index (χ4n) is 2.72. The second-order valence-corrected chi connectivity index (χ2v) is 5.51. The van der Waals surface area contributed by atoms with Crippen LogP contribution in [-0.4, -0.2) is 45.4 Å². The zero-order chi connectivity index (χ0) is 15.8. The molecule has 8 heteroatoms. The van der Waals surface area contributed by atoms with Crippen LogP contribution >= 0.6 is 0 Å². The normalized spacial score (nSPS) is 22.6. The third-order valence-corrected chi connectivity index (χ3v) is 3.80. The van der Waals surface area contributed by atoms with Crippen molar-refractivity contribution in [1.82, 2.24) is 14.7 Å². The zero-order valence-electron chi connectivity index (χ0n) is 11.9. The van der Waals surface area contributed by atoms with Gasteiger partial charge in [-0.2, -0.15) is 18.3 Å². The first kappa shape index (κ1) is 15.8. The summed E-state index contributed by atoms with van der Waals surface area (Å²) in [6.07, 6.45) is -1.76. The Morgan fingerprint density at radius 1 is 1.52 bits per heavy atom. The van der Waals surface area contributed by atoms with Gasteiger partial charge in [0.05, 0.1) is 11.7 Å². The van der Waals surface area contributed by atoms with Crippen LogP contribution in [0.25, 0.3) is 0 Å². The summed E-state index contributed by atoms with van der Waals surface area (Å²) in [5, 5.41) is 13.1. The lowest BCUT2D eigenvalue weighted by atomic mass is 10.1. The minimum atomic E-state index is -4.67. The molecule has 0 spiro atoms. The number of aliphatic hydroxyl groups is 1. The van der Waals surface area contributed by atoms with E-state index in [9.17, 15) is 23.1 Å². The first-order chi connectivity index (χ1) is 9.70. The summed E-state index contributed by atoms with van der Waals surface area (Å²) in [7, 11) is 2.78. The molecule has 2 atom stereocenters. The molecule has 1 aliphatic rings. The van der Waals surface area contributed by atoms with Crippen LogP contribution in [0.5, 0.6) is 0 Å². The third-order valence-electron chi connectivity index (χ3n) is 3.80. The van der Waals surface area contributed by atoms with Gasteiger partial charge in [-0.25, -0.2) is 0 Å². The molecule has 1 aliphatic carbocycles. The van der Waals surface area contributed by atoms with E-state index in [1.54, 1.807) is 0 Å². The monoisotopic (exact) mass is 305 g/mol. The van der Waals surface area contributed by atoms with Gasteiger partial charge >= 0.3 is 6.18 Å². The number of halogens is 3. The van der Waals surface area contributed by atoms with Crippen LogP contribution in [-0.2, 0) is 13.2 Å². The molecule has 1 amide bonds. The second-order valence-electron chi connectivity index (χ2n) is 5.51. The second kappa shape index (κ2) is 5.67. The summed E-state index contributed by atoms with van der Waals surface area (Å²) in [5.74, 6) is -0.806. The molecular weight excluding hydrogens is 287 g/mol. The summed E-state index contributed by atoms with van der Waals surface area (Å²) in [4.78, 5) is 13.4. The van der Waals surface area contributed by atoms with E-state index in [-0.39, 0.29) is 12.5 Å². The standard InChI is InChI=1S/C13H18F3N3O2/c1-18(6-8-4-3-5-10(8)20)12(21)9-7-19(2)17-11(9)13(14,15)16/h7-8,10,20H,3-6H2,1-2H3. The number of carbonyl (C=O) groups excluding carboxylic acids is 1. The summed E-state index contributed by atoms with van der Waals surface area (Å²) in [5.41, 5.74) is -1.63. The maximum absolute atomic E-state index is 12.9. The fourth-order valence-corrected chi connectivity index (χ4v) is 2.72. The van der Waals surface area contributed by atoms with Crippen LogP contribution in [0.3, 0.4) is 0 Å². The lowest BCUT2D eigenvalue weighted by molar-refractivity contribution is -0.141. The average molecular weight is 305 g/mol. The highest BCUT2D eigenvalue weighted by atomic mass is 19.4. The Kier molecular flexibility index (Phi) is 4.27. The van der Waals surface area contributed by atoms with Crippen LogP contribution in [0.4, 0.5) is 13.2 Å². The molecule has 2 rings (SSSR count). The molecule has 0 radical (unpaired) electrons. The number of aryl methyl sites for hydroxylation is 1. The third kappa shape index (κ3) is 3.37. The maximum atomic E-state index is 12.9. The Hall–Kier alpha value is -1.57. The predicted octanol–water partition coefficient (Wildman–Crippen LogP) is 1.67. The van der Waals surface area contributed by atoms with E-state index >= 15 is 0 Å². The van der Waals surface area contributed by atoms with Crippen LogP contribution in [0.1, 0.15) is 35.3 Å². The van der Waals surface area contributed by atoms with Crippen molar-refractivity contribution < 1.29 is 23.1 Å². The molecule has 118 valence electrons. The smallest absolute Gasteiger partial charge is 0.393 e. The molecule has 0 aliphatic heterocycles. The van der Waals surface area contributed by atoms with Crippen molar-refractivity contribution in [2.75, 3.05) is 13.6 Å². The molecule has 0 bridgehead atoms. The number of carbonyl (C=O) groups is 1. The summed E-state index contributed by atoms with van der Waals surface area (Å²) in [6.45, 7) is 0.242. The average Bonchev–Trinajstić information content (AvgIpc) is 2.95. The molecule has 0 saturated heterocycles. The molecule has 1 saturated carbocycles. The summed E-state index contributed by atoms with van der Waals surface area (Å²) in [6, 6.07) is 0. The van der Waals surface area contributed by atoms with Gasteiger partial charge in [-0.15, -0.1) is 0 Å². The number of alkyl halides is 3. The van der Waals surface area contributed by atoms with Crippen molar-refractivity contribution in [2.45, 2.75) is 31.5 Å². The number of aliphatic hydroxyl groups excluding tert-OH is 1. The lowest BCUT2D eigenvalue weighted by Gasteiger charge is -2.23. The van der Waals surface area contributed by atoms with Crippen LogP contribution in [0, 0.1) is 5.92 Å². The van der Waals surface area contributed by atoms with Gasteiger partial charge in [-0.3, -0.25) is 9.48 Å². The van der Waals surface area contributed by atoms with Gasteiger partial charge < -0.3 is 10.0 Å². The molecule has 1 fully saturated rings. The summed E-state index contributed by atoms with van der Waals surface area (Å²) < 4.78 is 39.6. The van der Waals surface area contributed by atoms with Crippen molar-refractivity contribution in [3.63, 3.8) is 0 Å². The minimum Gasteiger partial charge on any atom is -0.393 e. The highest BCUT2D eigenvalue weighted by Crippen LogP contribution is 2.31. The Morgan fingerprint density at radius 3 is 2.71 bits per heavy atom. The van der Waals surface area contributed by atoms with E-state index in [1.807, 2.05) is 0 Å². The van der Waals surface area contributed by atoms with Crippen molar-refractivity contribution in [3.8, 4) is 0 Å². The summed E-state index contributed by atoms with van der Waals surface area (Å²) >= 11 is 0. The molecule has 0 aromatic carbocycles. The molecular formula is C13H18F3N3O2. The Balaban J connectivity index is 2.16. The van der Waals surface area contributed by atoms with Crippen molar-refractivity contribution >= 4 is 5.91 Å². The van der Waals surface area contributed by atoms with Crippen molar-refractivity contribution in [2.24, 2.45) is 13.0 Å². The van der Waals surface area contributed by atoms with E-state index in [0.717, 1.165) is 23.7 Å². The highest BCUT2D eigenvalue weighted by molar-refractivity contribution is 5.95. The first-order valence-electron chi connectivity index (χ1n) is 6.74. The van der Waals surface area contributed by atoms with Crippen LogP contribution < -0.4 is 0 Å². The number of rotatable bonds is 3. The number of amides is 1. The number of hydrogen-bond acceptors (Lipinski definition) is 3. The molecule has 1 heterocycles. The maximum Gasteiger partial charge on any atom is 0.435 e. The van der Waals surface area contributed by atoms with Gasteiger partial charge in [0.15, 0.2) is 5.69 Å². The quantitative estimate of drug-likeness (QED) is 0.924.